The average Bonchev–Trinajstić information content (AvgIpc) is 2.03. The van der Waals surface area contributed by atoms with Gasteiger partial charge in [-0.25, -0.2) is 0 Å². The minimum Gasteiger partial charge on any atom is -0.477 e. The summed E-state index contributed by atoms with van der Waals surface area (Å²) in [4.78, 5) is 0. The number of benzene rings is 1. The number of aryl methyl sites for hydroxylation is 1. The highest BCUT2D eigenvalue weighted by Crippen LogP contribution is 2.23. The lowest BCUT2D eigenvalue weighted by atomic mass is 10.2. The van der Waals surface area contributed by atoms with Crippen LogP contribution in [0.1, 0.15) is 19.4 Å². The zero-order valence-corrected chi connectivity index (χ0v) is 9.50. The molecule has 1 aromatic carbocycles. The van der Waals surface area contributed by atoms with E-state index in [0.29, 0.717) is 8.81 Å². The zero-order valence-electron chi connectivity index (χ0n) is 8.50. The second-order valence-electron chi connectivity index (χ2n) is 3.66. The summed E-state index contributed by atoms with van der Waals surface area (Å²) < 4.78 is 5.63. The summed E-state index contributed by atoms with van der Waals surface area (Å²) in [5, 5.41) is 0. The van der Waals surface area contributed by atoms with Crippen molar-refractivity contribution in [3.63, 3.8) is 0 Å². The van der Waals surface area contributed by atoms with E-state index in [1.54, 1.807) is 0 Å². The van der Waals surface area contributed by atoms with Crippen LogP contribution in [-0.2, 0) is 0 Å². The van der Waals surface area contributed by atoms with Crippen molar-refractivity contribution >= 4 is 8.81 Å². The Morgan fingerprint density at radius 3 is 2.77 bits per heavy atom. The molecule has 1 unspecified atom stereocenters. The van der Waals surface area contributed by atoms with Crippen LogP contribution in [0.4, 0.5) is 0 Å². The summed E-state index contributed by atoms with van der Waals surface area (Å²) in [7, 11) is 0.586. The molecule has 1 nitrogen and oxygen atoms in total. The Balaban J connectivity index is 2.37. The molecule has 0 N–H and O–H groups in total. The van der Waals surface area contributed by atoms with Crippen LogP contribution in [0.2, 0.25) is 0 Å². The van der Waals surface area contributed by atoms with Gasteiger partial charge in [-0.3, -0.25) is 0 Å². The van der Waals surface area contributed by atoms with Crippen molar-refractivity contribution in [3.05, 3.63) is 29.8 Å². The monoisotopic (exact) mass is 196 g/mol. The molecule has 0 saturated heterocycles. The van der Waals surface area contributed by atoms with Gasteiger partial charge in [-0.15, -0.1) is 0 Å². The molecule has 0 spiro atoms. The molecule has 0 heterocycles. The molecule has 0 fully saturated rings. The minimum absolute atomic E-state index is 0.586. The molecule has 0 aliphatic carbocycles. The van der Waals surface area contributed by atoms with Crippen LogP contribution in [0.3, 0.4) is 0 Å². The number of rotatable bonds is 4. The van der Waals surface area contributed by atoms with Gasteiger partial charge in [0, 0.05) is 6.16 Å². The number of hydrogen-bond acceptors (Lipinski definition) is 1. The highest BCUT2D eigenvalue weighted by molar-refractivity contribution is 7.32. The Bertz CT molecular complexity index is 258. The van der Waals surface area contributed by atoms with Crippen LogP contribution in [0.5, 0.6) is 5.75 Å². The Morgan fingerprint density at radius 2 is 2.15 bits per heavy atom. The first-order valence-electron chi connectivity index (χ1n) is 4.65. The van der Waals surface area contributed by atoms with Crippen molar-refractivity contribution < 1.29 is 4.52 Å². The topological polar surface area (TPSA) is 9.23 Å². The summed E-state index contributed by atoms with van der Waals surface area (Å²) in [6.07, 6.45) is 1.15. The van der Waals surface area contributed by atoms with Crippen molar-refractivity contribution in [1.29, 1.82) is 0 Å². The minimum atomic E-state index is 0.586. The first-order chi connectivity index (χ1) is 6.18. The molecule has 0 amide bonds. The van der Waals surface area contributed by atoms with Crippen LogP contribution in [0.15, 0.2) is 24.3 Å². The molecule has 0 bridgehead atoms. The van der Waals surface area contributed by atoms with Crippen molar-refractivity contribution in [2.45, 2.75) is 20.8 Å². The fraction of sp³-hybridized carbons (Fsp3) is 0.455. The van der Waals surface area contributed by atoms with E-state index in [0.717, 1.165) is 17.8 Å². The van der Waals surface area contributed by atoms with Gasteiger partial charge in [0.05, 0.1) is 8.81 Å². The van der Waals surface area contributed by atoms with Gasteiger partial charge in [0.1, 0.15) is 5.75 Å². The normalized spacial score (nSPS) is 11.4. The predicted molar refractivity (Wildman–Crippen MR) is 59.8 cm³/mol. The van der Waals surface area contributed by atoms with Gasteiger partial charge in [0.15, 0.2) is 0 Å². The summed E-state index contributed by atoms with van der Waals surface area (Å²) in [5.41, 5.74) is 1.26. The third-order valence-corrected chi connectivity index (χ3v) is 3.03. The van der Waals surface area contributed by atoms with Gasteiger partial charge in [0.2, 0.25) is 0 Å². The summed E-state index contributed by atoms with van der Waals surface area (Å²) in [5.74, 6) is 1.72. The van der Waals surface area contributed by atoms with Crippen molar-refractivity contribution in [2.75, 3.05) is 6.16 Å². The van der Waals surface area contributed by atoms with E-state index < -0.39 is 0 Å². The van der Waals surface area contributed by atoms with Crippen LogP contribution < -0.4 is 4.52 Å². The van der Waals surface area contributed by atoms with E-state index >= 15 is 0 Å². The molecular weight excluding hydrogens is 179 g/mol. The Morgan fingerprint density at radius 1 is 1.38 bits per heavy atom. The Kier molecular flexibility index (Phi) is 4.24. The molecule has 0 aliphatic rings. The molecule has 0 aromatic heterocycles. The largest absolute Gasteiger partial charge is 0.477 e. The van der Waals surface area contributed by atoms with E-state index in [1.165, 1.54) is 5.56 Å². The second-order valence-corrected chi connectivity index (χ2v) is 4.56. The van der Waals surface area contributed by atoms with Crippen molar-refractivity contribution in [1.82, 2.24) is 0 Å². The molecule has 1 rings (SSSR count). The van der Waals surface area contributed by atoms with Gasteiger partial charge in [-0.05, 0) is 30.5 Å². The summed E-state index contributed by atoms with van der Waals surface area (Å²) in [6, 6.07) is 8.20. The standard InChI is InChI=1S/C11H17OP/c1-9(2)8-13-12-11-6-4-5-10(3)7-11/h4-7,9,13H,8H2,1-3H3. The third kappa shape index (κ3) is 4.28. The average molecular weight is 196 g/mol. The zero-order chi connectivity index (χ0) is 9.68. The molecule has 2 heteroatoms. The van der Waals surface area contributed by atoms with E-state index in [4.69, 9.17) is 4.52 Å². The number of hydrogen-bond donors (Lipinski definition) is 0. The predicted octanol–water partition coefficient (Wildman–Crippen LogP) is 3.62. The molecule has 0 radical (unpaired) electrons. The first kappa shape index (κ1) is 10.5. The fourth-order valence-corrected chi connectivity index (χ4v) is 1.68. The molecule has 1 aromatic rings. The Labute approximate surface area is 82.4 Å². The third-order valence-electron chi connectivity index (χ3n) is 1.67. The van der Waals surface area contributed by atoms with Gasteiger partial charge >= 0.3 is 0 Å². The lowest BCUT2D eigenvalue weighted by Gasteiger charge is -2.07. The van der Waals surface area contributed by atoms with Gasteiger partial charge in [-0.2, -0.15) is 0 Å². The van der Waals surface area contributed by atoms with Gasteiger partial charge < -0.3 is 4.52 Å². The van der Waals surface area contributed by atoms with E-state index in [1.807, 2.05) is 12.1 Å². The van der Waals surface area contributed by atoms with Crippen LogP contribution in [0, 0.1) is 12.8 Å². The molecule has 13 heavy (non-hydrogen) atoms. The highest BCUT2D eigenvalue weighted by Gasteiger charge is 1.96. The van der Waals surface area contributed by atoms with Gasteiger partial charge in [-0.1, -0.05) is 26.0 Å². The Hall–Kier alpha value is -0.550. The molecule has 0 saturated carbocycles. The maximum absolute atomic E-state index is 5.63. The quantitative estimate of drug-likeness (QED) is 0.668. The first-order valence-corrected chi connectivity index (χ1v) is 5.76. The van der Waals surface area contributed by atoms with E-state index in [-0.39, 0.29) is 0 Å². The maximum Gasteiger partial charge on any atom is 0.123 e. The molecular formula is C11H17OP. The smallest absolute Gasteiger partial charge is 0.123 e. The lowest BCUT2D eigenvalue weighted by Crippen LogP contribution is -1.91. The summed E-state index contributed by atoms with van der Waals surface area (Å²) in [6.45, 7) is 6.51. The van der Waals surface area contributed by atoms with E-state index in [9.17, 15) is 0 Å². The maximum atomic E-state index is 5.63. The molecule has 0 aliphatic heterocycles. The van der Waals surface area contributed by atoms with Crippen LogP contribution in [-0.4, -0.2) is 6.16 Å². The molecule has 1 atom stereocenters. The van der Waals surface area contributed by atoms with Gasteiger partial charge in [0.25, 0.3) is 0 Å². The van der Waals surface area contributed by atoms with Crippen molar-refractivity contribution in [3.8, 4) is 5.75 Å². The highest BCUT2D eigenvalue weighted by atomic mass is 31.1. The molecule has 72 valence electrons. The second kappa shape index (κ2) is 5.24. The van der Waals surface area contributed by atoms with E-state index in [2.05, 4.69) is 32.9 Å². The van der Waals surface area contributed by atoms with Crippen molar-refractivity contribution in [2.24, 2.45) is 5.92 Å². The summed E-state index contributed by atoms with van der Waals surface area (Å²) >= 11 is 0. The SMILES string of the molecule is Cc1cccc(OPCC(C)C)c1. The lowest BCUT2D eigenvalue weighted by molar-refractivity contribution is 0.614. The van der Waals surface area contributed by atoms with Crippen LogP contribution >= 0.6 is 8.81 Å². The fourth-order valence-electron chi connectivity index (χ4n) is 0.970. The van der Waals surface area contributed by atoms with Crippen LogP contribution in [0.25, 0.3) is 0 Å².